The van der Waals surface area contributed by atoms with Gasteiger partial charge in [-0.25, -0.2) is 0 Å². The van der Waals surface area contributed by atoms with Crippen LogP contribution in [-0.2, 0) is 0 Å². The second-order valence-electron chi connectivity index (χ2n) is 4.73. The SMILES string of the molecule is CCN(CC(C)/C(N)=N/O)C(=O)c1ccc(Br)c(C)c1. The van der Waals surface area contributed by atoms with Crippen molar-refractivity contribution >= 4 is 27.7 Å². The van der Waals surface area contributed by atoms with Crippen molar-refractivity contribution in [1.29, 1.82) is 0 Å². The molecule has 1 aromatic rings. The molecule has 1 amide bonds. The van der Waals surface area contributed by atoms with Gasteiger partial charge in [0.05, 0.1) is 0 Å². The first-order valence-corrected chi connectivity index (χ1v) is 7.22. The lowest BCUT2D eigenvalue weighted by Gasteiger charge is -2.24. The fourth-order valence-corrected chi connectivity index (χ4v) is 2.09. The highest BCUT2D eigenvalue weighted by Gasteiger charge is 2.19. The Labute approximate surface area is 127 Å². The van der Waals surface area contributed by atoms with Gasteiger partial charge in [0.2, 0.25) is 0 Å². The van der Waals surface area contributed by atoms with Gasteiger partial charge < -0.3 is 15.8 Å². The lowest BCUT2D eigenvalue weighted by Crippen LogP contribution is -2.38. The average molecular weight is 342 g/mol. The monoisotopic (exact) mass is 341 g/mol. The largest absolute Gasteiger partial charge is 0.409 e. The Morgan fingerprint density at radius 3 is 2.70 bits per heavy atom. The average Bonchev–Trinajstić information content (AvgIpc) is 2.45. The molecule has 1 atom stereocenters. The molecule has 0 radical (unpaired) electrons. The number of nitrogens with zero attached hydrogens (tertiary/aromatic N) is 2. The van der Waals surface area contributed by atoms with Crippen molar-refractivity contribution in [1.82, 2.24) is 4.90 Å². The topological polar surface area (TPSA) is 78.9 Å². The molecule has 0 saturated heterocycles. The van der Waals surface area contributed by atoms with Crippen molar-refractivity contribution in [2.45, 2.75) is 20.8 Å². The van der Waals surface area contributed by atoms with Crippen LogP contribution >= 0.6 is 15.9 Å². The van der Waals surface area contributed by atoms with E-state index in [1.165, 1.54) is 0 Å². The van der Waals surface area contributed by atoms with Gasteiger partial charge in [-0.05, 0) is 37.6 Å². The van der Waals surface area contributed by atoms with Crippen LogP contribution < -0.4 is 5.73 Å². The van der Waals surface area contributed by atoms with Gasteiger partial charge in [0.25, 0.3) is 5.91 Å². The number of carbonyl (C=O) groups is 1. The van der Waals surface area contributed by atoms with Crippen LogP contribution in [0.1, 0.15) is 29.8 Å². The van der Waals surface area contributed by atoms with Crippen LogP contribution in [0.25, 0.3) is 0 Å². The van der Waals surface area contributed by atoms with E-state index in [-0.39, 0.29) is 17.7 Å². The highest BCUT2D eigenvalue weighted by Crippen LogP contribution is 2.18. The quantitative estimate of drug-likeness (QED) is 0.374. The van der Waals surface area contributed by atoms with Gasteiger partial charge in [-0.1, -0.05) is 28.0 Å². The summed E-state index contributed by atoms with van der Waals surface area (Å²) in [6.45, 7) is 6.65. The fourth-order valence-electron chi connectivity index (χ4n) is 1.84. The molecule has 20 heavy (non-hydrogen) atoms. The van der Waals surface area contributed by atoms with Crippen LogP contribution in [0, 0.1) is 12.8 Å². The molecule has 0 fully saturated rings. The molecule has 5 nitrogen and oxygen atoms in total. The molecule has 1 rings (SSSR count). The van der Waals surface area contributed by atoms with Gasteiger partial charge in [-0.2, -0.15) is 0 Å². The molecule has 0 aliphatic carbocycles. The van der Waals surface area contributed by atoms with E-state index in [1.807, 2.05) is 32.9 Å². The first-order valence-electron chi connectivity index (χ1n) is 6.43. The predicted octanol–water partition coefficient (Wildman–Crippen LogP) is 2.60. The first-order chi connectivity index (χ1) is 9.40. The molecule has 0 spiro atoms. The van der Waals surface area contributed by atoms with Gasteiger partial charge in [0.1, 0.15) is 5.84 Å². The molecule has 0 heterocycles. The van der Waals surface area contributed by atoms with Gasteiger partial charge in [-0.3, -0.25) is 4.79 Å². The minimum atomic E-state index is -0.194. The van der Waals surface area contributed by atoms with Gasteiger partial charge in [0, 0.05) is 29.0 Å². The molecule has 0 bridgehead atoms. The third kappa shape index (κ3) is 3.96. The summed E-state index contributed by atoms with van der Waals surface area (Å²) in [6.07, 6.45) is 0. The summed E-state index contributed by atoms with van der Waals surface area (Å²) in [5.41, 5.74) is 7.21. The number of amides is 1. The maximum Gasteiger partial charge on any atom is 0.253 e. The normalized spacial score (nSPS) is 13.1. The minimum absolute atomic E-state index is 0.0549. The van der Waals surface area contributed by atoms with E-state index >= 15 is 0 Å². The van der Waals surface area contributed by atoms with Gasteiger partial charge in [-0.15, -0.1) is 0 Å². The number of amidine groups is 1. The Morgan fingerprint density at radius 1 is 1.55 bits per heavy atom. The summed E-state index contributed by atoms with van der Waals surface area (Å²) >= 11 is 3.42. The van der Waals surface area contributed by atoms with Crippen molar-refractivity contribution in [2.75, 3.05) is 13.1 Å². The van der Waals surface area contributed by atoms with E-state index in [0.29, 0.717) is 18.7 Å². The molecular weight excluding hydrogens is 322 g/mol. The van der Waals surface area contributed by atoms with Crippen molar-refractivity contribution in [3.05, 3.63) is 33.8 Å². The Bertz CT molecular complexity index is 517. The highest BCUT2D eigenvalue weighted by atomic mass is 79.9. The van der Waals surface area contributed by atoms with E-state index in [9.17, 15) is 4.79 Å². The van der Waals surface area contributed by atoms with Crippen LogP contribution in [0.15, 0.2) is 27.8 Å². The summed E-state index contributed by atoms with van der Waals surface area (Å²) in [5, 5.41) is 11.7. The zero-order valence-electron chi connectivity index (χ0n) is 11.9. The molecule has 0 aliphatic heterocycles. The molecule has 3 N–H and O–H groups in total. The highest BCUT2D eigenvalue weighted by molar-refractivity contribution is 9.10. The van der Waals surface area contributed by atoms with E-state index in [4.69, 9.17) is 10.9 Å². The van der Waals surface area contributed by atoms with E-state index in [0.717, 1.165) is 10.0 Å². The maximum absolute atomic E-state index is 12.5. The number of rotatable bonds is 5. The molecule has 1 unspecified atom stereocenters. The summed E-state index contributed by atoms with van der Waals surface area (Å²) in [7, 11) is 0. The third-order valence-electron chi connectivity index (χ3n) is 3.19. The Kier molecular flexibility index (Phi) is 6.01. The predicted molar refractivity (Wildman–Crippen MR) is 83.0 cm³/mol. The van der Waals surface area contributed by atoms with Crippen LogP contribution in [0.2, 0.25) is 0 Å². The van der Waals surface area contributed by atoms with Crippen LogP contribution in [-0.4, -0.2) is 34.9 Å². The molecule has 0 saturated carbocycles. The van der Waals surface area contributed by atoms with Crippen molar-refractivity contribution in [3.8, 4) is 0 Å². The minimum Gasteiger partial charge on any atom is -0.409 e. The van der Waals surface area contributed by atoms with Gasteiger partial charge in [0.15, 0.2) is 0 Å². The number of hydrogen-bond donors (Lipinski definition) is 2. The number of benzene rings is 1. The third-order valence-corrected chi connectivity index (χ3v) is 4.08. The standard InChI is InChI=1S/C14H20BrN3O2/c1-4-18(8-10(3)13(16)17-20)14(19)11-5-6-12(15)9(2)7-11/h5-7,10,20H,4,8H2,1-3H3,(H2,16,17). The number of carbonyl (C=O) groups excluding carboxylic acids is 1. The van der Waals surface area contributed by atoms with E-state index in [1.54, 1.807) is 11.0 Å². The maximum atomic E-state index is 12.5. The number of nitrogens with two attached hydrogens (primary N) is 1. The van der Waals surface area contributed by atoms with E-state index in [2.05, 4.69) is 21.1 Å². The Hall–Kier alpha value is -1.56. The number of aryl methyl sites for hydroxylation is 1. The Balaban J connectivity index is 2.89. The van der Waals surface area contributed by atoms with Crippen molar-refractivity contribution in [3.63, 3.8) is 0 Å². The molecule has 0 aliphatic rings. The molecule has 1 aromatic carbocycles. The summed E-state index contributed by atoms with van der Waals surface area (Å²) in [6, 6.07) is 5.50. The van der Waals surface area contributed by atoms with Crippen molar-refractivity contribution in [2.24, 2.45) is 16.8 Å². The van der Waals surface area contributed by atoms with Crippen LogP contribution in [0.4, 0.5) is 0 Å². The smallest absolute Gasteiger partial charge is 0.253 e. The first kappa shape index (κ1) is 16.5. The second-order valence-corrected chi connectivity index (χ2v) is 5.59. The fraction of sp³-hybridized carbons (Fsp3) is 0.429. The van der Waals surface area contributed by atoms with E-state index < -0.39 is 0 Å². The molecular formula is C14H20BrN3O2. The number of oxime groups is 1. The van der Waals surface area contributed by atoms with Crippen molar-refractivity contribution < 1.29 is 10.0 Å². The zero-order valence-corrected chi connectivity index (χ0v) is 13.5. The van der Waals surface area contributed by atoms with Gasteiger partial charge >= 0.3 is 0 Å². The lowest BCUT2D eigenvalue weighted by atomic mass is 10.1. The summed E-state index contributed by atoms with van der Waals surface area (Å²) < 4.78 is 0.974. The summed E-state index contributed by atoms with van der Waals surface area (Å²) in [4.78, 5) is 14.1. The number of halogens is 1. The molecule has 110 valence electrons. The van der Waals surface area contributed by atoms with Crippen LogP contribution in [0.3, 0.4) is 0 Å². The number of hydrogen-bond acceptors (Lipinski definition) is 3. The Morgan fingerprint density at radius 2 is 2.20 bits per heavy atom. The zero-order chi connectivity index (χ0) is 15.3. The molecule has 0 aromatic heterocycles. The van der Waals surface area contributed by atoms with Crippen LogP contribution in [0.5, 0.6) is 0 Å². The molecule has 6 heteroatoms. The lowest BCUT2D eigenvalue weighted by molar-refractivity contribution is 0.0753. The second kappa shape index (κ2) is 7.28. The summed E-state index contributed by atoms with van der Waals surface area (Å²) in [5.74, 6) is -0.121.